The number of pyridine rings is 1. The number of halogens is 1. The third-order valence-corrected chi connectivity index (χ3v) is 5.01. The second-order valence-electron chi connectivity index (χ2n) is 6.55. The van der Waals surface area contributed by atoms with Crippen LogP contribution < -0.4 is 0 Å². The summed E-state index contributed by atoms with van der Waals surface area (Å²) in [4.78, 5) is 4.79. The Hall–Kier alpha value is -2.22. The zero-order valence-electron chi connectivity index (χ0n) is 15.3. The van der Waals surface area contributed by atoms with Crippen LogP contribution in [-0.2, 0) is 17.3 Å². The van der Waals surface area contributed by atoms with Gasteiger partial charge >= 0.3 is 27.0 Å². The second-order valence-corrected chi connectivity index (χ2v) is 6.55. The first-order valence-corrected chi connectivity index (χ1v) is 12.7. The molecule has 0 unspecified atom stereocenters. The number of hydrogen-bond acceptors (Lipinski definition) is 1. The van der Waals surface area contributed by atoms with Gasteiger partial charge in [-0.15, -0.1) is 29.7 Å². The van der Waals surface area contributed by atoms with Crippen LogP contribution >= 0.6 is 9.69 Å². The molecule has 0 atom stereocenters. The maximum atomic E-state index is 4.79. The van der Waals surface area contributed by atoms with E-state index >= 15 is 0 Å². The number of hydrogen-bond donors (Lipinski definition) is 0. The predicted molar refractivity (Wildman–Crippen MR) is 110 cm³/mol. The van der Waals surface area contributed by atoms with Crippen molar-refractivity contribution in [1.29, 1.82) is 0 Å². The van der Waals surface area contributed by atoms with Gasteiger partial charge in [0.25, 0.3) is 0 Å². The molecule has 0 radical (unpaired) electrons. The Morgan fingerprint density at radius 3 is 2.37 bits per heavy atom. The zero-order valence-corrected chi connectivity index (χ0v) is 19.1. The molecule has 4 heteroatoms. The van der Waals surface area contributed by atoms with Crippen LogP contribution in [-0.4, -0.2) is 9.38 Å². The molecule has 2 heterocycles. The summed E-state index contributed by atoms with van der Waals surface area (Å²) in [5.74, 6) is 0. The standard InChI is InChI=1S/C23H17N2.ClH.Zn/c1-15-8-7-9-16(2)22(15)21-14-24-23-19-12-4-3-10-17(19)18-11-5-6-13-20(18)25(21)23;;/h3-11,13-14H,1-2H3;1H;/q-1;;+2/p-1. The molecule has 27 heavy (non-hydrogen) atoms. The van der Waals surface area contributed by atoms with Gasteiger partial charge < -0.3 is 4.40 Å². The molecule has 0 saturated heterocycles. The summed E-state index contributed by atoms with van der Waals surface area (Å²) in [5, 5.41) is 3.50. The molecule has 0 fully saturated rings. The Morgan fingerprint density at radius 1 is 0.889 bits per heavy atom. The molecule has 0 bridgehead atoms. The van der Waals surface area contributed by atoms with Crippen molar-refractivity contribution in [1.82, 2.24) is 9.38 Å². The quantitative estimate of drug-likeness (QED) is 0.173. The fourth-order valence-corrected chi connectivity index (χ4v) is 3.91. The molecule has 0 aliphatic rings. The molecule has 5 rings (SSSR count). The monoisotopic (exact) mass is 420 g/mol. The normalized spacial score (nSPS) is 11.0. The molecule has 2 nitrogen and oxygen atoms in total. The van der Waals surface area contributed by atoms with Crippen LogP contribution in [0.15, 0.2) is 66.9 Å². The van der Waals surface area contributed by atoms with Gasteiger partial charge in [0.2, 0.25) is 0 Å². The van der Waals surface area contributed by atoms with Crippen LogP contribution in [0.2, 0.25) is 0 Å². The van der Waals surface area contributed by atoms with E-state index in [0.717, 1.165) is 34.0 Å². The first-order chi connectivity index (χ1) is 13.3. The molecule has 0 spiro atoms. The molecule has 0 N–H and O–H groups in total. The van der Waals surface area contributed by atoms with E-state index in [1.54, 1.807) is 0 Å². The third kappa shape index (κ3) is 2.86. The van der Waals surface area contributed by atoms with E-state index in [0.29, 0.717) is 0 Å². The summed E-state index contributed by atoms with van der Waals surface area (Å²) in [6.07, 6.45) is 2.00. The van der Waals surface area contributed by atoms with E-state index in [4.69, 9.17) is 14.7 Å². The van der Waals surface area contributed by atoms with E-state index in [2.05, 4.69) is 72.8 Å². The Labute approximate surface area is 172 Å². The minimum absolute atomic E-state index is 0.847. The number of rotatable bonds is 1. The number of imidazole rings is 1. The summed E-state index contributed by atoms with van der Waals surface area (Å²) < 4.78 is 2.28. The molecular formula is C23H17ClN2Zn. The van der Waals surface area contributed by atoms with Crippen molar-refractivity contribution >= 4 is 37.0 Å². The minimum atomic E-state index is 0.847. The molecule has 5 aromatic rings. The van der Waals surface area contributed by atoms with Crippen LogP contribution in [0.5, 0.6) is 0 Å². The first-order valence-electron chi connectivity index (χ1n) is 8.77. The van der Waals surface area contributed by atoms with Crippen molar-refractivity contribution in [2.24, 2.45) is 0 Å². The third-order valence-electron chi connectivity index (χ3n) is 5.01. The second kappa shape index (κ2) is 7.42. The molecule has 128 valence electrons. The van der Waals surface area contributed by atoms with Crippen LogP contribution in [0.25, 0.3) is 38.6 Å². The van der Waals surface area contributed by atoms with Gasteiger partial charge in [-0.3, -0.25) is 4.98 Å². The van der Waals surface area contributed by atoms with E-state index in [9.17, 15) is 0 Å². The van der Waals surface area contributed by atoms with Gasteiger partial charge in [0, 0.05) is 17.3 Å². The summed E-state index contributed by atoms with van der Waals surface area (Å²) in [5.41, 5.74) is 7.08. The van der Waals surface area contributed by atoms with Crippen molar-refractivity contribution in [3.63, 3.8) is 0 Å². The number of nitrogens with zero attached hydrogens (tertiary/aromatic N) is 2. The van der Waals surface area contributed by atoms with E-state index < -0.39 is 0 Å². The van der Waals surface area contributed by atoms with Crippen molar-refractivity contribution in [3.8, 4) is 11.3 Å². The summed E-state index contributed by atoms with van der Waals surface area (Å²) in [7, 11) is 4.76. The Bertz CT molecular complexity index is 1250. The maximum absolute atomic E-state index is 4.79. The summed E-state index contributed by atoms with van der Waals surface area (Å²) in [6, 6.07) is 24.5. The van der Waals surface area contributed by atoms with Crippen LogP contribution in [0.4, 0.5) is 0 Å². The van der Waals surface area contributed by atoms with Gasteiger partial charge in [0.15, 0.2) is 0 Å². The molecule has 0 saturated carbocycles. The number of aryl methyl sites for hydroxylation is 2. The van der Waals surface area contributed by atoms with Crippen LogP contribution in [0.3, 0.4) is 0 Å². The molecule has 0 aliphatic heterocycles. The molecule has 0 aliphatic carbocycles. The fraction of sp³-hybridized carbons (Fsp3) is 0.0870. The van der Waals surface area contributed by atoms with Crippen molar-refractivity contribution in [2.45, 2.75) is 13.8 Å². The number of aromatic nitrogens is 2. The van der Waals surface area contributed by atoms with Gasteiger partial charge in [-0.25, -0.2) is 0 Å². The number of para-hydroxylation sites is 1. The molecular weight excluding hydrogens is 405 g/mol. The van der Waals surface area contributed by atoms with Crippen molar-refractivity contribution in [3.05, 3.63) is 84.1 Å². The van der Waals surface area contributed by atoms with Gasteiger partial charge in [0.1, 0.15) is 0 Å². The molecule has 3 aromatic carbocycles. The van der Waals surface area contributed by atoms with Crippen LogP contribution in [0, 0.1) is 19.9 Å². The Balaban J connectivity index is 0.000000872. The number of fused-ring (bicyclic) bond motifs is 6. The summed E-state index contributed by atoms with van der Waals surface area (Å²) >= 11 is 0.847. The van der Waals surface area contributed by atoms with Crippen LogP contribution in [0.1, 0.15) is 11.1 Å². The van der Waals surface area contributed by atoms with Crippen molar-refractivity contribution in [2.75, 3.05) is 0 Å². The SMILES string of the molecule is Cc1cccc(C)c1-c1cnc2c3[c-]cccc3c3ccccc3n12.[Cl][Zn+]. The number of benzene rings is 3. The topological polar surface area (TPSA) is 17.3 Å². The van der Waals surface area contributed by atoms with Gasteiger partial charge in [-0.2, -0.15) is 0 Å². The van der Waals surface area contributed by atoms with E-state index in [1.807, 2.05) is 18.3 Å². The molecule has 2 aromatic heterocycles. The summed E-state index contributed by atoms with van der Waals surface area (Å²) in [6.45, 7) is 4.33. The average Bonchev–Trinajstić information content (AvgIpc) is 3.15. The Kier molecular flexibility index (Phi) is 4.99. The van der Waals surface area contributed by atoms with Crippen molar-refractivity contribution < 1.29 is 17.3 Å². The van der Waals surface area contributed by atoms with E-state index in [1.165, 1.54) is 33.0 Å². The zero-order chi connectivity index (χ0) is 19.0. The predicted octanol–water partition coefficient (Wildman–Crippen LogP) is 6.41. The first kappa shape index (κ1) is 18.2. The Morgan fingerprint density at radius 2 is 1.59 bits per heavy atom. The average molecular weight is 422 g/mol. The fourth-order valence-electron chi connectivity index (χ4n) is 3.91. The van der Waals surface area contributed by atoms with Gasteiger partial charge in [-0.05, 0) is 36.4 Å². The van der Waals surface area contributed by atoms with E-state index in [-0.39, 0.29) is 0 Å². The van der Waals surface area contributed by atoms with Gasteiger partial charge in [-0.1, -0.05) is 41.8 Å². The van der Waals surface area contributed by atoms with Gasteiger partial charge in [0.05, 0.1) is 11.3 Å². The molecule has 0 amide bonds.